The Kier molecular flexibility index (Phi) is 6.08. The van der Waals surface area contributed by atoms with Gasteiger partial charge in [-0.2, -0.15) is 0 Å². The number of methoxy groups -OCH3 is 1. The molecule has 2 aromatic heterocycles. The van der Waals surface area contributed by atoms with Crippen LogP contribution >= 0.6 is 0 Å². The highest BCUT2D eigenvalue weighted by Crippen LogP contribution is 2.23. The standard InChI is InChI=1S/C24H25FN6O3/c1-34-19-6-7-21-16(12-19)13-20(24(33)26-21)22(30-10-8-18(32)9-11-30)23-27-28-29-31(23)14-15-2-4-17(25)5-3-15/h2-7,12-13,18,22,32H,8-11,14H2,1H3,(H,26,33)/p+1/t22-/m0/s1. The van der Waals surface area contributed by atoms with Gasteiger partial charge in [-0.05, 0) is 52.4 Å². The lowest BCUT2D eigenvalue weighted by Gasteiger charge is -2.32. The number of benzene rings is 2. The molecule has 3 heterocycles. The van der Waals surface area contributed by atoms with Crippen LogP contribution in [0.5, 0.6) is 5.75 Å². The molecule has 4 aromatic rings. The summed E-state index contributed by atoms with van der Waals surface area (Å²) in [6.07, 6.45) is 0.911. The first-order chi connectivity index (χ1) is 16.5. The average Bonchev–Trinajstić information content (AvgIpc) is 3.29. The summed E-state index contributed by atoms with van der Waals surface area (Å²) in [7, 11) is 1.60. The number of halogens is 1. The summed E-state index contributed by atoms with van der Waals surface area (Å²) in [6.45, 7) is 1.68. The molecule has 3 N–H and O–H groups in total. The van der Waals surface area contributed by atoms with Gasteiger partial charge < -0.3 is 19.7 Å². The van der Waals surface area contributed by atoms with Crippen molar-refractivity contribution >= 4 is 10.9 Å². The number of quaternary nitrogens is 1. The number of aromatic nitrogens is 5. The minimum atomic E-state index is -0.442. The van der Waals surface area contributed by atoms with E-state index in [1.54, 1.807) is 30.0 Å². The lowest BCUT2D eigenvalue weighted by molar-refractivity contribution is -0.932. The first kappa shape index (κ1) is 22.2. The third-order valence-electron chi connectivity index (χ3n) is 6.46. The highest BCUT2D eigenvalue weighted by atomic mass is 19.1. The number of hydrogen-bond acceptors (Lipinski definition) is 6. The number of nitrogens with one attached hydrogen (secondary N) is 2. The monoisotopic (exact) mass is 465 g/mol. The molecule has 1 fully saturated rings. The molecule has 176 valence electrons. The van der Waals surface area contributed by atoms with Crippen molar-refractivity contribution in [2.75, 3.05) is 20.2 Å². The lowest BCUT2D eigenvalue weighted by atomic mass is 9.99. The number of nitrogens with zero attached hydrogens (tertiary/aromatic N) is 4. The van der Waals surface area contributed by atoms with Crippen molar-refractivity contribution in [2.45, 2.75) is 31.5 Å². The van der Waals surface area contributed by atoms with E-state index < -0.39 is 6.04 Å². The van der Waals surface area contributed by atoms with Gasteiger partial charge in [-0.15, -0.1) is 5.10 Å². The molecule has 0 bridgehead atoms. The van der Waals surface area contributed by atoms with Gasteiger partial charge >= 0.3 is 0 Å². The van der Waals surface area contributed by atoms with Gasteiger partial charge in [-0.3, -0.25) is 4.79 Å². The summed E-state index contributed by atoms with van der Waals surface area (Å²) in [5, 5.41) is 23.3. The molecule has 1 aliphatic heterocycles. The molecule has 34 heavy (non-hydrogen) atoms. The number of tetrazole rings is 1. The molecule has 0 aliphatic carbocycles. The number of fused-ring (bicyclic) bond motifs is 1. The number of rotatable bonds is 6. The molecule has 0 saturated carbocycles. The molecule has 9 nitrogen and oxygen atoms in total. The van der Waals surface area contributed by atoms with Crippen molar-refractivity contribution in [1.29, 1.82) is 0 Å². The first-order valence-electron chi connectivity index (χ1n) is 11.3. The Hall–Kier alpha value is -3.63. The second kappa shape index (κ2) is 9.32. The van der Waals surface area contributed by atoms with Crippen LogP contribution < -0.4 is 15.2 Å². The third-order valence-corrected chi connectivity index (χ3v) is 6.46. The Morgan fingerprint density at radius 3 is 2.71 bits per heavy atom. The van der Waals surface area contributed by atoms with Gasteiger partial charge in [0, 0.05) is 23.7 Å². The van der Waals surface area contributed by atoms with Crippen molar-refractivity contribution in [3.63, 3.8) is 0 Å². The van der Waals surface area contributed by atoms with E-state index in [0.717, 1.165) is 15.8 Å². The number of ether oxygens (including phenoxy) is 1. The van der Waals surface area contributed by atoms with Crippen LogP contribution in [0.25, 0.3) is 10.9 Å². The topological polar surface area (TPSA) is 110 Å². The fourth-order valence-electron chi connectivity index (χ4n) is 4.64. The highest BCUT2D eigenvalue weighted by Gasteiger charge is 2.36. The van der Waals surface area contributed by atoms with E-state index in [1.807, 2.05) is 18.2 Å². The van der Waals surface area contributed by atoms with Crippen molar-refractivity contribution in [2.24, 2.45) is 0 Å². The van der Waals surface area contributed by atoms with Gasteiger partial charge in [-0.1, -0.05) is 12.1 Å². The number of likely N-dealkylation sites (tertiary alicyclic amines) is 1. The molecule has 0 spiro atoms. The van der Waals surface area contributed by atoms with Crippen LogP contribution in [0.15, 0.2) is 53.3 Å². The van der Waals surface area contributed by atoms with Gasteiger partial charge in [0.2, 0.25) is 5.82 Å². The van der Waals surface area contributed by atoms with E-state index >= 15 is 0 Å². The van der Waals surface area contributed by atoms with Crippen molar-refractivity contribution in [1.82, 2.24) is 25.2 Å². The Bertz CT molecular complexity index is 1350. The molecule has 2 aromatic carbocycles. The molecular weight excluding hydrogens is 439 g/mol. The van der Waals surface area contributed by atoms with Gasteiger partial charge in [-0.25, -0.2) is 9.07 Å². The maximum Gasteiger partial charge on any atom is 0.258 e. The van der Waals surface area contributed by atoms with Gasteiger partial charge in [0.05, 0.1) is 38.4 Å². The maximum atomic E-state index is 13.4. The Morgan fingerprint density at radius 2 is 1.97 bits per heavy atom. The van der Waals surface area contributed by atoms with Crippen molar-refractivity contribution in [3.8, 4) is 5.75 Å². The molecule has 0 unspecified atom stereocenters. The van der Waals surface area contributed by atoms with E-state index in [9.17, 15) is 14.3 Å². The molecule has 10 heteroatoms. The van der Waals surface area contributed by atoms with Crippen LogP contribution in [0, 0.1) is 5.82 Å². The number of pyridine rings is 1. The molecule has 0 radical (unpaired) electrons. The maximum absolute atomic E-state index is 13.4. The summed E-state index contributed by atoms with van der Waals surface area (Å²) >= 11 is 0. The van der Waals surface area contributed by atoms with Crippen LogP contribution in [0.4, 0.5) is 4.39 Å². The van der Waals surface area contributed by atoms with E-state index in [0.29, 0.717) is 55.1 Å². The molecule has 1 saturated heterocycles. The summed E-state index contributed by atoms with van der Waals surface area (Å²) in [6, 6.07) is 13.1. The van der Waals surface area contributed by atoms with E-state index in [4.69, 9.17) is 4.74 Å². The summed E-state index contributed by atoms with van der Waals surface area (Å²) in [4.78, 5) is 17.4. The molecule has 0 amide bonds. The fraction of sp³-hybridized carbons (Fsp3) is 0.333. The summed E-state index contributed by atoms with van der Waals surface area (Å²) in [5.74, 6) is 0.924. The minimum absolute atomic E-state index is 0.211. The van der Waals surface area contributed by atoms with Crippen LogP contribution in [0.3, 0.4) is 0 Å². The van der Waals surface area contributed by atoms with E-state index in [2.05, 4.69) is 20.5 Å². The fourth-order valence-corrected chi connectivity index (χ4v) is 4.64. The number of aliphatic hydroxyl groups excluding tert-OH is 1. The smallest absolute Gasteiger partial charge is 0.258 e. The van der Waals surface area contributed by atoms with Crippen molar-refractivity contribution < 1.29 is 19.1 Å². The number of aromatic amines is 1. The Labute approximate surface area is 194 Å². The lowest BCUT2D eigenvalue weighted by Crippen LogP contribution is -3.14. The predicted molar refractivity (Wildman–Crippen MR) is 122 cm³/mol. The van der Waals surface area contributed by atoms with Gasteiger partial charge in [0.25, 0.3) is 5.56 Å². The van der Waals surface area contributed by atoms with E-state index in [1.165, 1.54) is 12.1 Å². The zero-order valence-corrected chi connectivity index (χ0v) is 18.7. The molecule has 1 atom stereocenters. The molecular formula is C24H26FN6O3+. The van der Waals surface area contributed by atoms with Crippen LogP contribution in [-0.4, -0.2) is 56.6 Å². The van der Waals surface area contributed by atoms with Crippen LogP contribution in [0.2, 0.25) is 0 Å². The second-order valence-electron chi connectivity index (χ2n) is 8.65. The zero-order valence-electron chi connectivity index (χ0n) is 18.7. The largest absolute Gasteiger partial charge is 0.497 e. The number of piperidine rings is 1. The number of hydrogen-bond donors (Lipinski definition) is 3. The normalized spacial score (nSPS) is 19.3. The Morgan fingerprint density at radius 1 is 1.21 bits per heavy atom. The predicted octanol–water partition coefficient (Wildman–Crippen LogP) is 0.840. The summed E-state index contributed by atoms with van der Waals surface area (Å²) < 4.78 is 20.4. The molecule has 1 aliphatic rings. The average molecular weight is 466 g/mol. The SMILES string of the molecule is COc1ccc2[nH]c(=O)c([C@@H](c3nnnn3Cc3ccc(F)cc3)[NH+]3CCC(O)CC3)cc2c1. The molecule has 5 rings (SSSR count). The minimum Gasteiger partial charge on any atom is -0.497 e. The summed E-state index contributed by atoms with van der Waals surface area (Å²) in [5.41, 5.74) is 1.89. The quantitative estimate of drug-likeness (QED) is 0.389. The zero-order chi connectivity index (χ0) is 23.7. The Balaban J connectivity index is 1.60. The number of aliphatic hydroxyl groups is 1. The van der Waals surface area contributed by atoms with Crippen LogP contribution in [-0.2, 0) is 6.54 Å². The van der Waals surface area contributed by atoms with Crippen LogP contribution in [0.1, 0.15) is 35.8 Å². The second-order valence-corrected chi connectivity index (χ2v) is 8.65. The first-order valence-corrected chi connectivity index (χ1v) is 11.3. The van der Waals surface area contributed by atoms with Gasteiger partial charge in [0.1, 0.15) is 11.6 Å². The van der Waals surface area contributed by atoms with E-state index in [-0.39, 0.29) is 17.5 Å². The van der Waals surface area contributed by atoms with Gasteiger partial charge in [0.15, 0.2) is 6.04 Å². The van der Waals surface area contributed by atoms with Crippen molar-refractivity contribution in [3.05, 3.63) is 81.7 Å². The highest BCUT2D eigenvalue weighted by molar-refractivity contribution is 5.80. The number of H-pyrrole nitrogens is 1. The third kappa shape index (κ3) is 4.42.